The van der Waals surface area contributed by atoms with Gasteiger partial charge in [-0.2, -0.15) is 0 Å². The van der Waals surface area contributed by atoms with Crippen molar-refractivity contribution in [1.82, 2.24) is 0 Å². The van der Waals surface area contributed by atoms with E-state index in [1.165, 1.54) is 56.6 Å². The van der Waals surface area contributed by atoms with Crippen LogP contribution in [0.3, 0.4) is 0 Å². The minimum atomic E-state index is -0.404. The summed E-state index contributed by atoms with van der Waals surface area (Å²) >= 11 is 0. The van der Waals surface area contributed by atoms with Crippen LogP contribution in [0.5, 0.6) is 0 Å². The number of hydrogen-bond acceptors (Lipinski definition) is 0. The molecule has 1 aliphatic heterocycles. The van der Waals surface area contributed by atoms with Gasteiger partial charge in [0.2, 0.25) is 0 Å². The van der Waals surface area contributed by atoms with Crippen molar-refractivity contribution in [3.63, 3.8) is 0 Å². The predicted molar refractivity (Wildman–Crippen MR) is 105 cm³/mol. The van der Waals surface area contributed by atoms with E-state index in [0.29, 0.717) is 5.92 Å². The molecule has 1 aliphatic carbocycles. The van der Waals surface area contributed by atoms with E-state index in [2.05, 4.69) is 19.1 Å². The summed E-state index contributed by atoms with van der Waals surface area (Å²) in [6.07, 6.45) is 14.4. The van der Waals surface area contributed by atoms with Crippen LogP contribution in [0.2, 0.25) is 18.1 Å². The first-order valence-electron chi connectivity index (χ1n) is 10.1. The van der Waals surface area contributed by atoms with E-state index in [1.807, 2.05) is 12.1 Å². The summed E-state index contributed by atoms with van der Waals surface area (Å²) < 4.78 is 13.1. The fourth-order valence-electron chi connectivity index (χ4n) is 5.11. The lowest BCUT2D eigenvalue weighted by molar-refractivity contribution is 0.216. The maximum Gasteiger partial charge on any atom is 0.123 e. The summed E-state index contributed by atoms with van der Waals surface area (Å²) in [5, 5.41) is 0. The van der Waals surface area contributed by atoms with Crippen molar-refractivity contribution in [1.29, 1.82) is 0 Å². The topological polar surface area (TPSA) is 0 Å². The molecule has 132 valence electrons. The molecule has 1 heterocycles. The molecule has 0 amide bonds. The Kier molecular flexibility index (Phi) is 6.71. The van der Waals surface area contributed by atoms with E-state index in [-0.39, 0.29) is 5.82 Å². The third-order valence-electron chi connectivity index (χ3n) is 6.65. The van der Waals surface area contributed by atoms with E-state index in [1.54, 1.807) is 24.2 Å². The number of benzene rings is 1. The Hall–Kier alpha value is -0.893. The minimum absolute atomic E-state index is 0.109. The van der Waals surface area contributed by atoms with Crippen LogP contribution < -0.4 is 0 Å². The van der Waals surface area contributed by atoms with Gasteiger partial charge in [0.15, 0.2) is 0 Å². The largest absolute Gasteiger partial charge is 0.207 e. The highest BCUT2D eigenvalue weighted by Gasteiger charge is 2.31. The van der Waals surface area contributed by atoms with E-state index in [4.69, 9.17) is 0 Å². The number of allylic oxidation sites excluding steroid dienone is 2. The first-order chi connectivity index (χ1) is 11.8. The van der Waals surface area contributed by atoms with Crippen LogP contribution in [0, 0.1) is 17.7 Å². The molecule has 0 unspecified atom stereocenters. The highest BCUT2D eigenvalue weighted by molar-refractivity contribution is 6.59. The van der Waals surface area contributed by atoms with E-state index >= 15 is 0 Å². The van der Waals surface area contributed by atoms with E-state index in [0.717, 1.165) is 11.8 Å². The Labute approximate surface area is 149 Å². The number of halogens is 1. The van der Waals surface area contributed by atoms with Gasteiger partial charge >= 0.3 is 0 Å². The number of rotatable bonds is 5. The molecule has 2 aliphatic rings. The van der Waals surface area contributed by atoms with E-state index in [9.17, 15) is 4.39 Å². The molecular weight excluding hydrogens is 311 g/mol. The summed E-state index contributed by atoms with van der Waals surface area (Å²) in [5.74, 6) is 2.56. The standard InChI is InChI=1S/C22H33FSi/c1-2-3-4-15-24-16-13-21(14-17-24)19-7-5-18(6-8-19)20-9-11-22(23)12-10-20/h2-3,9-12,18-19,21,24H,4-8,13-17H2,1H3/b3-2+. The summed E-state index contributed by atoms with van der Waals surface area (Å²) in [6.45, 7) is 2.14. The highest BCUT2D eigenvalue weighted by Crippen LogP contribution is 2.43. The first kappa shape index (κ1) is 17.9. The zero-order chi connectivity index (χ0) is 16.8. The van der Waals surface area contributed by atoms with Crippen LogP contribution in [0.1, 0.15) is 63.4 Å². The average molecular weight is 345 g/mol. The molecule has 0 nitrogen and oxygen atoms in total. The van der Waals surface area contributed by atoms with Crippen molar-refractivity contribution in [3.8, 4) is 0 Å². The van der Waals surface area contributed by atoms with Crippen LogP contribution in [0.25, 0.3) is 0 Å². The van der Waals surface area contributed by atoms with Gasteiger partial charge in [-0.1, -0.05) is 55.3 Å². The molecule has 0 N–H and O–H groups in total. The van der Waals surface area contributed by atoms with Gasteiger partial charge in [-0.05, 0) is 74.5 Å². The third-order valence-corrected chi connectivity index (χ3v) is 10.1. The van der Waals surface area contributed by atoms with E-state index < -0.39 is 8.80 Å². The average Bonchev–Trinajstić information content (AvgIpc) is 2.63. The smallest absolute Gasteiger partial charge is 0.123 e. The molecule has 1 aromatic rings. The van der Waals surface area contributed by atoms with Gasteiger partial charge in [0.25, 0.3) is 0 Å². The molecule has 0 atom stereocenters. The van der Waals surface area contributed by atoms with Crippen molar-refractivity contribution in [2.75, 3.05) is 0 Å². The Morgan fingerprint density at radius 2 is 1.58 bits per heavy atom. The molecule has 0 radical (unpaired) electrons. The Morgan fingerprint density at radius 3 is 2.21 bits per heavy atom. The summed E-state index contributed by atoms with van der Waals surface area (Å²) in [5.41, 5.74) is 1.36. The van der Waals surface area contributed by atoms with Gasteiger partial charge in [0.05, 0.1) is 0 Å². The summed E-state index contributed by atoms with van der Waals surface area (Å²) in [4.78, 5) is 0. The molecule has 0 aromatic heterocycles. The fraction of sp³-hybridized carbons (Fsp3) is 0.636. The predicted octanol–water partition coefficient (Wildman–Crippen LogP) is 6.70. The normalized spacial score (nSPS) is 31.4. The third kappa shape index (κ3) is 4.81. The first-order valence-corrected chi connectivity index (χ1v) is 12.6. The lowest BCUT2D eigenvalue weighted by Gasteiger charge is -2.37. The van der Waals surface area contributed by atoms with Gasteiger partial charge in [-0.15, -0.1) is 0 Å². The second kappa shape index (κ2) is 8.99. The highest BCUT2D eigenvalue weighted by atomic mass is 28.3. The molecule has 1 saturated heterocycles. The lowest BCUT2D eigenvalue weighted by Crippen LogP contribution is -2.28. The zero-order valence-corrected chi connectivity index (χ0v) is 16.4. The van der Waals surface area contributed by atoms with Gasteiger partial charge in [-0.25, -0.2) is 4.39 Å². The molecular formula is C22H33FSi. The van der Waals surface area contributed by atoms with Gasteiger partial charge in [0, 0.05) is 8.80 Å². The fourth-order valence-corrected chi connectivity index (χ4v) is 8.43. The molecule has 3 rings (SSSR count). The SMILES string of the molecule is C/C=C/CC[SiH]1CCC(C2CCC(c3ccc(F)cc3)CC2)CC1. The van der Waals surface area contributed by atoms with Crippen molar-refractivity contribution in [2.45, 2.75) is 75.9 Å². The zero-order valence-electron chi connectivity index (χ0n) is 15.2. The Balaban J connectivity index is 1.42. The van der Waals surface area contributed by atoms with Crippen molar-refractivity contribution >= 4 is 8.80 Å². The Bertz CT molecular complexity index is 505. The van der Waals surface area contributed by atoms with Crippen molar-refractivity contribution in [2.24, 2.45) is 11.8 Å². The summed E-state index contributed by atoms with van der Waals surface area (Å²) in [7, 11) is -0.404. The number of hydrogen-bond donors (Lipinski definition) is 0. The second-order valence-electron chi connectivity index (χ2n) is 8.09. The molecule has 2 fully saturated rings. The van der Waals surface area contributed by atoms with Crippen molar-refractivity contribution in [3.05, 3.63) is 47.8 Å². The Morgan fingerprint density at radius 1 is 0.958 bits per heavy atom. The van der Waals surface area contributed by atoms with Crippen molar-refractivity contribution < 1.29 is 4.39 Å². The maximum atomic E-state index is 13.1. The molecule has 0 spiro atoms. The lowest BCUT2D eigenvalue weighted by atomic mass is 9.72. The molecule has 1 saturated carbocycles. The van der Waals surface area contributed by atoms with Crippen LogP contribution in [-0.2, 0) is 0 Å². The van der Waals surface area contributed by atoms with Crippen LogP contribution in [-0.4, -0.2) is 8.80 Å². The monoisotopic (exact) mass is 344 g/mol. The second-order valence-corrected chi connectivity index (χ2v) is 11.6. The van der Waals surface area contributed by atoms with Gasteiger partial charge in [-0.3, -0.25) is 0 Å². The van der Waals surface area contributed by atoms with Gasteiger partial charge in [0.1, 0.15) is 5.82 Å². The van der Waals surface area contributed by atoms with Crippen LogP contribution in [0.15, 0.2) is 36.4 Å². The molecule has 24 heavy (non-hydrogen) atoms. The molecule has 1 aromatic carbocycles. The summed E-state index contributed by atoms with van der Waals surface area (Å²) in [6, 6.07) is 12.0. The minimum Gasteiger partial charge on any atom is -0.207 e. The maximum absolute atomic E-state index is 13.1. The van der Waals surface area contributed by atoms with Gasteiger partial charge < -0.3 is 0 Å². The quantitative estimate of drug-likeness (QED) is 0.411. The van der Waals surface area contributed by atoms with Crippen LogP contribution >= 0.6 is 0 Å². The van der Waals surface area contributed by atoms with Crippen LogP contribution in [0.4, 0.5) is 4.39 Å². The molecule has 2 heteroatoms. The molecule has 0 bridgehead atoms.